The Labute approximate surface area is 129 Å². The Kier molecular flexibility index (Phi) is 5.51. The van der Waals surface area contributed by atoms with Crippen LogP contribution in [0.2, 0.25) is 0 Å². The molecule has 0 spiro atoms. The van der Waals surface area contributed by atoms with Crippen molar-refractivity contribution in [1.82, 2.24) is 0 Å². The Morgan fingerprint density at radius 2 is 2.00 bits per heavy atom. The lowest BCUT2D eigenvalue weighted by molar-refractivity contribution is 0.0605. The van der Waals surface area contributed by atoms with Crippen molar-refractivity contribution in [2.75, 3.05) is 13.4 Å². The molecule has 0 aliphatic heterocycles. The third kappa shape index (κ3) is 2.86. The highest BCUT2D eigenvalue weighted by atomic mass is 127. The molecule has 0 radical (unpaired) electrons. The largest absolute Gasteiger partial charge is 0.465 e. The smallest absolute Gasteiger partial charge is 0.349 e. The van der Waals surface area contributed by atoms with Gasteiger partial charge in [0.25, 0.3) is 0 Å². The fourth-order valence-corrected chi connectivity index (χ4v) is 7.12. The molecule has 0 saturated carbocycles. The van der Waals surface area contributed by atoms with Crippen molar-refractivity contribution >= 4 is 61.5 Å². The summed E-state index contributed by atoms with van der Waals surface area (Å²) in [6.07, 6.45) is 1.79. The summed E-state index contributed by atoms with van der Waals surface area (Å²) in [6.45, 7) is 3.26. The number of rotatable bonds is 4. The maximum Gasteiger partial charge on any atom is 0.349 e. The van der Waals surface area contributed by atoms with E-state index in [0.717, 1.165) is 11.3 Å². The summed E-state index contributed by atoms with van der Waals surface area (Å²) in [5.74, 6) is -0.495. The molecule has 18 heavy (non-hydrogen) atoms. The summed E-state index contributed by atoms with van der Waals surface area (Å²) in [7, 11) is -2.11. The first-order valence-corrected chi connectivity index (χ1v) is 9.62. The zero-order valence-corrected chi connectivity index (χ0v) is 14.9. The van der Waals surface area contributed by atoms with E-state index in [1.165, 1.54) is 18.9 Å². The highest BCUT2D eigenvalue weighted by Crippen LogP contribution is 2.40. The maximum absolute atomic E-state index is 12.3. The minimum atomic E-state index is -3.40. The first-order valence-electron chi connectivity index (χ1n) is 4.95. The van der Waals surface area contributed by atoms with Crippen molar-refractivity contribution in [3.63, 3.8) is 0 Å². The van der Waals surface area contributed by atoms with E-state index in [1.807, 2.05) is 22.6 Å². The van der Waals surface area contributed by atoms with Gasteiger partial charge in [-0.05, 0) is 42.7 Å². The van der Waals surface area contributed by atoms with Gasteiger partial charge in [0.1, 0.15) is 9.77 Å². The molecule has 4 nitrogen and oxygen atoms in total. The quantitative estimate of drug-likeness (QED) is 0.426. The second kappa shape index (κ2) is 6.10. The van der Waals surface area contributed by atoms with Crippen LogP contribution in [0.4, 0.5) is 0 Å². The van der Waals surface area contributed by atoms with Crippen LogP contribution >= 0.6 is 45.7 Å². The molecule has 1 aromatic heterocycles. The average molecular weight is 420 g/mol. The molecule has 0 unspecified atom stereocenters. The monoisotopic (exact) mass is 420 g/mol. The molecule has 0 aromatic carbocycles. The van der Waals surface area contributed by atoms with Crippen molar-refractivity contribution in [3.8, 4) is 0 Å². The van der Waals surface area contributed by atoms with E-state index in [0.29, 0.717) is 12.7 Å². The van der Waals surface area contributed by atoms with E-state index >= 15 is 0 Å². The molecule has 0 N–H and O–H groups in total. The Morgan fingerprint density at radius 1 is 1.44 bits per heavy atom. The second-order valence-corrected chi connectivity index (χ2v) is 9.27. The molecule has 0 saturated heterocycles. The predicted molar refractivity (Wildman–Crippen MR) is 82.5 cm³/mol. The van der Waals surface area contributed by atoms with Gasteiger partial charge >= 0.3 is 5.97 Å². The number of carbonyl (C=O) groups excluding carboxylic acids is 1. The van der Waals surface area contributed by atoms with Gasteiger partial charge in [-0.1, -0.05) is 0 Å². The lowest BCUT2D eigenvalue weighted by Gasteiger charge is -2.08. The number of methoxy groups -OCH3 is 1. The van der Waals surface area contributed by atoms with Crippen LogP contribution in [0.1, 0.15) is 23.5 Å². The topological polar surface area (TPSA) is 60.4 Å². The number of thiophene rings is 1. The number of ether oxygens (including phenoxy) is 1. The molecular weight excluding hydrogens is 407 g/mol. The van der Waals surface area contributed by atoms with E-state index in [9.17, 15) is 13.2 Å². The van der Waals surface area contributed by atoms with Crippen molar-refractivity contribution < 1.29 is 17.9 Å². The number of thioether (sulfide) groups is 1. The van der Waals surface area contributed by atoms with Gasteiger partial charge in [0.2, 0.25) is 0 Å². The average Bonchev–Trinajstić information content (AvgIpc) is 2.65. The second-order valence-electron chi connectivity index (χ2n) is 3.65. The summed E-state index contributed by atoms with van der Waals surface area (Å²) < 4.78 is 30.3. The van der Waals surface area contributed by atoms with Crippen LogP contribution in [0.3, 0.4) is 0 Å². The zero-order chi connectivity index (χ0) is 14.1. The Balaban J connectivity index is 3.55. The van der Waals surface area contributed by atoms with Crippen molar-refractivity contribution in [2.24, 2.45) is 0 Å². The van der Waals surface area contributed by atoms with E-state index < -0.39 is 21.1 Å². The molecule has 0 aliphatic carbocycles. The SMILES string of the molecule is COC(=O)c1sc(SC)c(S(=O)(=O)C(C)C)c1I. The van der Waals surface area contributed by atoms with Gasteiger partial charge in [-0.2, -0.15) is 0 Å². The third-order valence-electron chi connectivity index (χ3n) is 2.24. The summed E-state index contributed by atoms with van der Waals surface area (Å²) >= 11 is 4.39. The third-order valence-corrected chi connectivity index (χ3v) is 8.82. The highest BCUT2D eigenvalue weighted by molar-refractivity contribution is 14.1. The molecule has 1 aromatic rings. The summed E-state index contributed by atoms with van der Waals surface area (Å²) in [5.41, 5.74) is 0. The number of hydrogen-bond donors (Lipinski definition) is 0. The van der Waals surface area contributed by atoms with Gasteiger partial charge in [0.05, 0.1) is 20.1 Å². The van der Waals surface area contributed by atoms with Crippen LogP contribution in [0.25, 0.3) is 0 Å². The van der Waals surface area contributed by atoms with Crippen molar-refractivity contribution in [3.05, 3.63) is 8.45 Å². The predicted octanol–water partition coefficient (Wildman–Crippen LogP) is 3.04. The normalized spacial score (nSPS) is 11.9. The molecule has 0 amide bonds. The van der Waals surface area contributed by atoms with Crippen molar-refractivity contribution in [2.45, 2.75) is 28.2 Å². The number of carbonyl (C=O) groups is 1. The Bertz CT molecular complexity index is 560. The van der Waals surface area contributed by atoms with Gasteiger partial charge < -0.3 is 4.74 Å². The Hall–Kier alpha value is 0.200. The molecule has 0 atom stereocenters. The van der Waals surface area contributed by atoms with E-state index in [2.05, 4.69) is 4.74 Å². The molecule has 1 rings (SSSR count). The van der Waals surface area contributed by atoms with Crippen LogP contribution in [0.15, 0.2) is 9.10 Å². The first-order chi connectivity index (χ1) is 8.27. The first kappa shape index (κ1) is 16.3. The van der Waals surface area contributed by atoms with Gasteiger partial charge in [-0.15, -0.1) is 23.1 Å². The van der Waals surface area contributed by atoms with Crippen LogP contribution in [0, 0.1) is 3.57 Å². The van der Waals surface area contributed by atoms with Gasteiger partial charge in [-0.3, -0.25) is 0 Å². The molecule has 0 fully saturated rings. The number of hydrogen-bond acceptors (Lipinski definition) is 6. The lowest BCUT2D eigenvalue weighted by Crippen LogP contribution is -2.15. The van der Waals surface area contributed by atoms with Crippen LogP contribution in [0.5, 0.6) is 0 Å². The minimum absolute atomic E-state index is 0.260. The van der Waals surface area contributed by atoms with Crippen LogP contribution < -0.4 is 0 Å². The van der Waals surface area contributed by atoms with E-state index in [-0.39, 0.29) is 4.90 Å². The molecule has 0 aliphatic rings. The zero-order valence-electron chi connectivity index (χ0n) is 10.3. The summed E-state index contributed by atoms with van der Waals surface area (Å²) in [4.78, 5) is 12.2. The number of sulfone groups is 1. The molecule has 102 valence electrons. The van der Waals surface area contributed by atoms with Gasteiger partial charge in [-0.25, -0.2) is 13.2 Å². The molecule has 1 heterocycles. The highest BCUT2D eigenvalue weighted by Gasteiger charge is 2.31. The molecule has 0 bridgehead atoms. The van der Waals surface area contributed by atoms with Gasteiger partial charge in [0.15, 0.2) is 9.84 Å². The fraction of sp³-hybridized carbons (Fsp3) is 0.500. The van der Waals surface area contributed by atoms with Crippen LogP contribution in [-0.4, -0.2) is 33.0 Å². The summed E-state index contributed by atoms with van der Waals surface area (Å²) in [5, 5.41) is -0.517. The molecule has 8 heteroatoms. The fourth-order valence-electron chi connectivity index (χ4n) is 1.21. The number of halogens is 1. The maximum atomic E-state index is 12.3. The number of esters is 1. The summed E-state index contributed by atoms with van der Waals surface area (Å²) in [6, 6.07) is 0. The molecular formula is C10H13IO4S3. The lowest BCUT2D eigenvalue weighted by atomic mass is 10.5. The standard InChI is InChI=1S/C10H13IO4S3/c1-5(2)18(13,14)8-6(11)7(9(12)15-3)17-10(8)16-4/h5H,1-4H3. The Morgan fingerprint density at radius 3 is 2.39 bits per heavy atom. The van der Waals surface area contributed by atoms with Gasteiger partial charge in [0, 0.05) is 0 Å². The van der Waals surface area contributed by atoms with E-state index in [4.69, 9.17) is 0 Å². The van der Waals surface area contributed by atoms with Crippen LogP contribution in [-0.2, 0) is 14.6 Å². The minimum Gasteiger partial charge on any atom is -0.465 e. The van der Waals surface area contributed by atoms with E-state index in [1.54, 1.807) is 20.1 Å². The van der Waals surface area contributed by atoms with Crippen molar-refractivity contribution in [1.29, 1.82) is 0 Å².